The number of rotatable bonds is 5. The summed E-state index contributed by atoms with van der Waals surface area (Å²) in [5.41, 5.74) is 2.27. The fraction of sp³-hybridized carbons (Fsp3) is 0.286. The molecule has 3 nitrogen and oxygen atoms in total. The Labute approximate surface area is 122 Å². The first-order valence-electron chi connectivity index (χ1n) is 5.84. The van der Waals surface area contributed by atoms with Gasteiger partial charge < -0.3 is 14.8 Å². The standard InChI is InChI=1S/C14H16ClNO2S/c1-16-8-9-6-11(17-2)12(18-3)7-10(9)13-4-5-14(15)19-13/h4-7,16H,8H2,1-3H3. The van der Waals surface area contributed by atoms with E-state index in [1.165, 1.54) is 0 Å². The Morgan fingerprint density at radius 3 is 2.37 bits per heavy atom. The monoisotopic (exact) mass is 297 g/mol. The molecule has 1 heterocycles. The second-order valence-corrected chi connectivity index (χ2v) is 5.71. The van der Waals surface area contributed by atoms with E-state index in [2.05, 4.69) is 5.32 Å². The van der Waals surface area contributed by atoms with Gasteiger partial charge in [0.15, 0.2) is 11.5 Å². The maximum Gasteiger partial charge on any atom is 0.161 e. The van der Waals surface area contributed by atoms with Crippen molar-refractivity contribution in [2.24, 2.45) is 0 Å². The van der Waals surface area contributed by atoms with Crippen LogP contribution in [-0.4, -0.2) is 21.3 Å². The molecule has 5 heteroatoms. The van der Waals surface area contributed by atoms with Gasteiger partial charge in [0, 0.05) is 17.0 Å². The number of halogens is 1. The summed E-state index contributed by atoms with van der Waals surface area (Å²) in [4.78, 5) is 1.12. The van der Waals surface area contributed by atoms with Crippen LogP contribution in [0, 0.1) is 0 Å². The van der Waals surface area contributed by atoms with Gasteiger partial charge in [-0.25, -0.2) is 0 Å². The van der Waals surface area contributed by atoms with Crippen LogP contribution in [0.2, 0.25) is 4.34 Å². The van der Waals surface area contributed by atoms with Crippen molar-refractivity contribution < 1.29 is 9.47 Å². The predicted octanol–water partition coefficient (Wildman–Crippen LogP) is 3.81. The number of hydrogen-bond donors (Lipinski definition) is 1. The molecule has 2 rings (SSSR count). The highest BCUT2D eigenvalue weighted by Gasteiger charge is 2.13. The van der Waals surface area contributed by atoms with E-state index < -0.39 is 0 Å². The fourth-order valence-electron chi connectivity index (χ4n) is 1.95. The average Bonchev–Trinajstić information content (AvgIpc) is 2.85. The molecular formula is C14H16ClNO2S. The molecule has 0 bridgehead atoms. The quantitative estimate of drug-likeness (QED) is 0.910. The highest BCUT2D eigenvalue weighted by atomic mass is 35.5. The summed E-state index contributed by atoms with van der Waals surface area (Å²) in [5, 5.41) is 3.17. The Bertz CT molecular complexity index is 569. The number of hydrogen-bond acceptors (Lipinski definition) is 4. The molecule has 0 aliphatic rings. The summed E-state index contributed by atoms with van der Waals surface area (Å²) in [6.45, 7) is 0.755. The van der Waals surface area contributed by atoms with Gasteiger partial charge in [0.2, 0.25) is 0 Å². The van der Waals surface area contributed by atoms with Crippen LogP contribution in [-0.2, 0) is 6.54 Å². The zero-order chi connectivity index (χ0) is 13.8. The van der Waals surface area contributed by atoms with Crippen LogP contribution in [0.5, 0.6) is 11.5 Å². The van der Waals surface area contributed by atoms with Gasteiger partial charge in [-0.1, -0.05) is 11.6 Å². The third kappa shape index (κ3) is 3.03. The second kappa shape index (κ2) is 6.28. The average molecular weight is 298 g/mol. The molecule has 0 amide bonds. The molecule has 19 heavy (non-hydrogen) atoms. The molecule has 1 aromatic heterocycles. The molecular weight excluding hydrogens is 282 g/mol. The number of thiophene rings is 1. The lowest BCUT2D eigenvalue weighted by Gasteiger charge is -2.14. The summed E-state index contributed by atoms with van der Waals surface area (Å²) >= 11 is 7.57. The van der Waals surface area contributed by atoms with Gasteiger partial charge in [0.1, 0.15) is 0 Å². The summed E-state index contributed by atoms with van der Waals surface area (Å²) in [6, 6.07) is 7.92. The number of methoxy groups -OCH3 is 2. The van der Waals surface area contributed by atoms with Gasteiger partial charge in [-0.15, -0.1) is 11.3 Å². The van der Waals surface area contributed by atoms with Crippen molar-refractivity contribution in [3.63, 3.8) is 0 Å². The van der Waals surface area contributed by atoms with Gasteiger partial charge in [-0.05, 0) is 36.9 Å². The van der Waals surface area contributed by atoms with E-state index in [9.17, 15) is 0 Å². The smallest absolute Gasteiger partial charge is 0.161 e. The maximum atomic E-state index is 6.02. The van der Waals surface area contributed by atoms with Crippen molar-refractivity contribution >= 4 is 22.9 Å². The highest BCUT2D eigenvalue weighted by molar-refractivity contribution is 7.19. The van der Waals surface area contributed by atoms with Crippen molar-refractivity contribution in [2.75, 3.05) is 21.3 Å². The van der Waals surface area contributed by atoms with Crippen LogP contribution in [0.3, 0.4) is 0 Å². The Kier molecular flexibility index (Phi) is 4.69. The van der Waals surface area contributed by atoms with Crippen molar-refractivity contribution in [3.8, 4) is 21.9 Å². The van der Waals surface area contributed by atoms with Gasteiger partial charge >= 0.3 is 0 Å². The minimum atomic E-state index is 0.724. The summed E-state index contributed by atoms with van der Waals surface area (Å²) < 4.78 is 11.5. The second-order valence-electron chi connectivity index (χ2n) is 4.00. The normalized spacial score (nSPS) is 10.5. The van der Waals surface area contributed by atoms with Crippen molar-refractivity contribution in [2.45, 2.75) is 6.54 Å². The SMILES string of the molecule is CNCc1cc(OC)c(OC)cc1-c1ccc(Cl)s1. The van der Waals surface area contributed by atoms with Gasteiger partial charge in [-0.2, -0.15) is 0 Å². The molecule has 0 radical (unpaired) electrons. The first-order chi connectivity index (χ1) is 9.19. The first kappa shape index (κ1) is 14.2. The topological polar surface area (TPSA) is 30.5 Å². The maximum absolute atomic E-state index is 6.02. The Morgan fingerprint density at radius 2 is 1.84 bits per heavy atom. The van der Waals surface area contributed by atoms with Gasteiger partial charge in [-0.3, -0.25) is 0 Å². The molecule has 1 N–H and O–H groups in total. The van der Waals surface area contributed by atoms with E-state index in [0.29, 0.717) is 0 Å². The Hall–Kier alpha value is -1.23. The lowest BCUT2D eigenvalue weighted by molar-refractivity contribution is 0.354. The van der Waals surface area contributed by atoms with Crippen LogP contribution < -0.4 is 14.8 Å². The van der Waals surface area contributed by atoms with Crippen molar-refractivity contribution in [1.29, 1.82) is 0 Å². The predicted molar refractivity (Wildman–Crippen MR) is 80.6 cm³/mol. The summed E-state index contributed by atoms with van der Waals surface area (Å²) in [7, 11) is 5.20. The molecule has 0 atom stereocenters. The van der Waals surface area contributed by atoms with Gasteiger partial charge in [0.05, 0.1) is 18.6 Å². The fourth-order valence-corrected chi connectivity index (χ4v) is 3.04. The first-order valence-corrected chi connectivity index (χ1v) is 7.04. The molecule has 2 aromatic rings. The molecule has 0 spiro atoms. The number of nitrogens with one attached hydrogen (secondary N) is 1. The van der Waals surface area contributed by atoms with E-state index in [0.717, 1.165) is 38.4 Å². The van der Waals surface area contributed by atoms with Crippen molar-refractivity contribution in [1.82, 2.24) is 5.32 Å². The minimum Gasteiger partial charge on any atom is -0.493 e. The van der Waals surface area contributed by atoms with Crippen LogP contribution in [0.25, 0.3) is 10.4 Å². The minimum absolute atomic E-state index is 0.724. The Morgan fingerprint density at radius 1 is 1.16 bits per heavy atom. The van der Waals surface area contributed by atoms with Crippen molar-refractivity contribution in [3.05, 3.63) is 34.2 Å². The van der Waals surface area contributed by atoms with Crippen LogP contribution in [0.4, 0.5) is 0 Å². The molecule has 0 saturated heterocycles. The molecule has 102 valence electrons. The molecule has 1 aromatic carbocycles. The lowest BCUT2D eigenvalue weighted by atomic mass is 10.0. The lowest BCUT2D eigenvalue weighted by Crippen LogP contribution is -2.07. The summed E-state index contributed by atoms with van der Waals surface area (Å²) in [5.74, 6) is 1.46. The number of benzene rings is 1. The van der Waals surface area contributed by atoms with Crippen LogP contribution >= 0.6 is 22.9 Å². The van der Waals surface area contributed by atoms with E-state index in [1.54, 1.807) is 25.6 Å². The molecule has 0 aliphatic heterocycles. The van der Waals surface area contributed by atoms with Gasteiger partial charge in [0.25, 0.3) is 0 Å². The largest absolute Gasteiger partial charge is 0.493 e. The molecule has 0 fully saturated rings. The van der Waals surface area contributed by atoms with E-state index in [1.807, 2.05) is 31.3 Å². The highest BCUT2D eigenvalue weighted by Crippen LogP contribution is 2.39. The number of ether oxygens (including phenoxy) is 2. The third-order valence-corrected chi connectivity index (χ3v) is 4.08. The van der Waals surface area contributed by atoms with E-state index >= 15 is 0 Å². The van der Waals surface area contributed by atoms with E-state index in [-0.39, 0.29) is 0 Å². The van der Waals surface area contributed by atoms with Crippen LogP contribution in [0.15, 0.2) is 24.3 Å². The molecule has 0 unspecified atom stereocenters. The molecule has 0 aliphatic carbocycles. The zero-order valence-corrected chi connectivity index (χ0v) is 12.7. The van der Waals surface area contributed by atoms with E-state index in [4.69, 9.17) is 21.1 Å². The third-order valence-electron chi connectivity index (χ3n) is 2.82. The summed E-state index contributed by atoms with van der Waals surface area (Å²) in [6.07, 6.45) is 0. The molecule has 0 saturated carbocycles. The Balaban J connectivity index is 2.56. The zero-order valence-electron chi connectivity index (χ0n) is 11.1. The van der Waals surface area contributed by atoms with Crippen LogP contribution in [0.1, 0.15) is 5.56 Å².